The third kappa shape index (κ3) is 2.52. The summed E-state index contributed by atoms with van der Waals surface area (Å²) in [7, 11) is 0. The number of anilines is 1. The molecule has 6 heteroatoms. The van der Waals surface area contributed by atoms with E-state index in [0.29, 0.717) is 11.0 Å². The zero-order chi connectivity index (χ0) is 15.0. The Morgan fingerprint density at radius 2 is 1.71 bits per heavy atom. The van der Waals surface area contributed by atoms with Crippen molar-refractivity contribution in [2.45, 2.75) is 13.0 Å². The molecule has 21 heavy (non-hydrogen) atoms. The highest BCUT2D eigenvalue weighted by Gasteiger charge is 2.13. The fourth-order valence-corrected chi connectivity index (χ4v) is 2.26. The van der Waals surface area contributed by atoms with Gasteiger partial charge < -0.3 is 15.3 Å². The molecule has 2 aromatic carbocycles. The van der Waals surface area contributed by atoms with Gasteiger partial charge in [-0.3, -0.25) is 0 Å². The lowest BCUT2D eigenvalue weighted by atomic mass is 10.1. The van der Waals surface area contributed by atoms with Crippen molar-refractivity contribution in [3.8, 4) is 0 Å². The van der Waals surface area contributed by atoms with Gasteiger partial charge in [-0.1, -0.05) is 12.1 Å². The zero-order valence-corrected chi connectivity index (χ0v) is 11.2. The lowest BCUT2D eigenvalue weighted by Crippen LogP contribution is -2.09. The molecule has 108 valence electrons. The van der Waals surface area contributed by atoms with Crippen LogP contribution in [0.25, 0.3) is 11.0 Å². The lowest BCUT2D eigenvalue weighted by Gasteiger charge is -2.16. The molecule has 1 atom stereocenters. The molecule has 1 heterocycles. The molecule has 3 rings (SSSR count). The molecule has 0 saturated heterocycles. The van der Waals surface area contributed by atoms with E-state index < -0.39 is 11.6 Å². The average molecular weight is 289 g/mol. The van der Waals surface area contributed by atoms with E-state index in [0.717, 1.165) is 5.56 Å². The van der Waals surface area contributed by atoms with Crippen LogP contribution in [0.5, 0.6) is 0 Å². The largest absolute Gasteiger partial charge is 0.374 e. The van der Waals surface area contributed by atoms with Crippen LogP contribution in [0.1, 0.15) is 18.5 Å². The third-order valence-electron chi connectivity index (χ3n) is 3.36. The van der Waals surface area contributed by atoms with Crippen molar-refractivity contribution in [3.63, 3.8) is 0 Å². The van der Waals surface area contributed by atoms with Gasteiger partial charge in [0.1, 0.15) is 17.3 Å². The molecule has 0 aliphatic rings. The molecule has 0 aliphatic heterocycles. The maximum absolute atomic E-state index is 13.6. The molecular weight excluding hydrogens is 276 g/mol. The van der Waals surface area contributed by atoms with Gasteiger partial charge in [0.15, 0.2) is 0 Å². The van der Waals surface area contributed by atoms with Gasteiger partial charge in [-0.2, -0.15) is 0 Å². The number of H-pyrrole nitrogens is 2. The average Bonchev–Trinajstić information content (AvgIpc) is 2.81. The first-order chi connectivity index (χ1) is 10.0. The maximum atomic E-state index is 13.6. The Labute approximate surface area is 118 Å². The number of para-hydroxylation sites is 1. The van der Waals surface area contributed by atoms with Crippen molar-refractivity contribution in [1.29, 1.82) is 0 Å². The Kier molecular flexibility index (Phi) is 3.21. The quantitative estimate of drug-likeness (QED) is 0.692. The number of fused-ring (bicyclic) bond motifs is 1. The van der Waals surface area contributed by atoms with Crippen LogP contribution in [0.3, 0.4) is 0 Å². The smallest absolute Gasteiger partial charge is 0.323 e. The second-order valence-electron chi connectivity index (χ2n) is 4.85. The van der Waals surface area contributed by atoms with Crippen molar-refractivity contribution in [2.75, 3.05) is 5.32 Å². The molecule has 0 radical (unpaired) electrons. The molecule has 3 N–H and O–H groups in total. The predicted octanol–water partition coefficient (Wildman–Crippen LogP) is 3.31. The van der Waals surface area contributed by atoms with Crippen molar-refractivity contribution in [1.82, 2.24) is 9.97 Å². The van der Waals surface area contributed by atoms with Crippen LogP contribution < -0.4 is 11.0 Å². The van der Waals surface area contributed by atoms with Gasteiger partial charge in [0, 0.05) is 6.04 Å². The third-order valence-corrected chi connectivity index (χ3v) is 3.36. The van der Waals surface area contributed by atoms with Gasteiger partial charge in [-0.25, -0.2) is 13.6 Å². The van der Waals surface area contributed by atoms with Gasteiger partial charge >= 0.3 is 5.69 Å². The lowest BCUT2D eigenvalue weighted by molar-refractivity contribution is 0.584. The molecule has 0 spiro atoms. The molecule has 0 aliphatic carbocycles. The summed E-state index contributed by atoms with van der Waals surface area (Å²) in [4.78, 5) is 16.5. The van der Waals surface area contributed by atoms with Crippen LogP contribution >= 0.6 is 0 Å². The summed E-state index contributed by atoms with van der Waals surface area (Å²) in [5, 5.41) is 2.81. The summed E-state index contributed by atoms with van der Waals surface area (Å²) >= 11 is 0. The monoisotopic (exact) mass is 289 g/mol. The second-order valence-corrected chi connectivity index (χ2v) is 4.85. The highest BCUT2D eigenvalue weighted by Crippen LogP contribution is 2.25. The first-order valence-electron chi connectivity index (χ1n) is 6.47. The van der Waals surface area contributed by atoms with Crippen LogP contribution in [0.15, 0.2) is 41.2 Å². The van der Waals surface area contributed by atoms with E-state index in [9.17, 15) is 13.6 Å². The summed E-state index contributed by atoms with van der Waals surface area (Å²) in [6.45, 7) is 1.79. The Bertz CT molecular complexity index is 833. The van der Waals surface area contributed by atoms with E-state index in [1.165, 1.54) is 18.2 Å². The Balaban J connectivity index is 1.93. The van der Waals surface area contributed by atoms with Crippen LogP contribution in [-0.2, 0) is 0 Å². The molecule has 0 bridgehead atoms. The second kappa shape index (κ2) is 5.05. The minimum atomic E-state index is -0.641. The van der Waals surface area contributed by atoms with Gasteiger partial charge in [-0.15, -0.1) is 0 Å². The van der Waals surface area contributed by atoms with E-state index in [4.69, 9.17) is 0 Å². The van der Waals surface area contributed by atoms with E-state index in [2.05, 4.69) is 15.3 Å². The van der Waals surface area contributed by atoms with E-state index in [-0.39, 0.29) is 17.4 Å². The molecule has 1 aromatic heterocycles. The van der Waals surface area contributed by atoms with E-state index in [1.807, 2.05) is 0 Å². The molecule has 4 nitrogen and oxygen atoms in total. The van der Waals surface area contributed by atoms with Gasteiger partial charge in [0.2, 0.25) is 0 Å². The van der Waals surface area contributed by atoms with E-state index in [1.54, 1.807) is 25.1 Å². The SMILES string of the molecule is CC(Nc1c(F)cccc1F)c1ccc2[nH]c(=O)[nH]c2c1. The fraction of sp³-hybridized carbons (Fsp3) is 0.133. The Hall–Kier alpha value is -2.63. The molecule has 0 fully saturated rings. The van der Waals surface area contributed by atoms with Crippen LogP contribution in [-0.4, -0.2) is 9.97 Å². The molecule has 0 amide bonds. The Morgan fingerprint density at radius 3 is 2.43 bits per heavy atom. The zero-order valence-electron chi connectivity index (χ0n) is 11.2. The number of aromatic amines is 2. The summed E-state index contributed by atoms with van der Waals surface area (Å²) in [6, 6.07) is 8.71. The number of aromatic nitrogens is 2. The maximum Gasteiger partial charge on any atom is 0.323 e. The van der Waals surface area contributed by atoms with Crippen molar-refractivity contribution >= 4 is 16.7 Å². The highest BCUT2D eigenvalue weighted by molar-refractivity contribution is 5.75. The standard InChI is InChI=1S/C15H13F2N3O/c1-8(18-14-10(16)3-2-4-11(14)17)9-5-6-12-13(7-9)20-15(21)19-12/h2-8,18H,1H3,(H2,19,20,21). The first kappa shape index (κ1) is 13.4. The number of nitrogens with one attached hydrogen (secondary N) is 3. The van der Waals surface area contributed by atoms with Gasteiger partial charge in [-0.05, 0) is 36.8 Å². The van der Waals surface area contributed by atoms with Crippen LogP contribution in [0, 0.1) is 11.6 Å². The first-order valence-corrected chi connectivity index (χ1v) is 6.47. The summed E-state index contributed by atoms with van der Waals surface area (Å²) in [5.74, 6) is -1.28. The minimum Gasteiger partial charge on any atom is -0.374 e. The van der Waals surface area contributed by atoms with Crippen molar-refractivity contribution in [2.24, 2.45) is 0 Å². The Morgan fingerprint density at radius 1 is 1.05 bits per heavy atom. The number of rotatable bonds is 3. The number of hydrogen-bond donors (Lipinski definition) is 3. The topological polar surface area (TPSA) is 60.7 Å². The van der Waals surface area contributed by atoms with Crippen LogP contribution in [0.2, 0.25) is 0 Å². The summed E-state index contributed by atoms with van der Waals surface area (Å²) < 4.78 is 27.3. The normalized spacial score (nSPS) is 12.5. The van der Waals surface area contributed by atoms with Crippen molar-refractivity contribution in [3.05, 3.63) is 64.1 Å². The van der Waals surface area contributed by atoms with Gasteiger partial charge in [0.25, 0.3) is 0 Å². The van der Waals surface area contributed by atoms with Crippen LogP contribution in [0.4, 0.5) is 14.5 Å². The van der Waals surface area contributed by atoms with E-state index >= 15 is 0 Å². The fourth-order valence-electron chi connectivity index (χ4n) is 2.26. The molecule has 1 unspecified atom stereocenters. The van der Waals surface area contributed by atoms with Crippen molar-refractivity contribution < 1.29 is 8.78 Å². The summed E-state index contributed by atoms with van der Waals surface area (Å²) in [6.07, 6.45) is 0. The highest BCUT2D eigenvalue weighted by atomic mass is 19.1. The predicted molar refractivity (Wildman–Crippen MR) is 77.3 cm³/mol. The molecule has 3 aromatic rings. The number of benzene rings is 2. The number of halogens is 2. The molecular formula is C15H13F2N3O. The summed E-state index contributed by atoms with van der Waals surface area (Å²) in [5.41, 5.74) is 1.70. The number of hydrogen-bond acceptors (Lipinski definition) is 2. The minimum absolute atomic E-state index is 0.160. The van der Waals surface area contributed by atoms with Gasteiger partial charge in [0.05, 0.1) is 11.0 Å². The number of imidazole rings is 1. The molecule has 0 saturated carbocycles.